The maximum atomic E-state index is 12.6. The molecule has 1 saturated carbocycles. The Bertz CT molecular complexity index is 812. The lowest BCUT2D eigenvalue weighted by molar-refractivity contribution is -0.154. The lowest BCUT2D eigenvalue weighted by Gasteiger charge is -2.13. The van der Waals surface area contributed by atoms with E-state index in [0.29, 0.717) is 5.69 Å². The van der Waals surface area contributed by atoms with Crippen LogP contribution in [0.3, 0.4) is 0 Å². The predicted molar refractivity (Wildman–Crippen MR) is 89.2 cm³/mol. The summed E-state index contributed by atoms with van der Waals surface area (Å²) in [6.07, 6.45) is -2.77. The number of benzene rings is 1. The Morgan fingerprint density at radius 2 is 1.64 bits per heavy atom. The average Bonchev–Trinajstić information content (AvgIpc) is 3.37. The molecule has 0 bridgehead atoms. The van der Waals surface area contributed by atoms with Crippen molar-refractivity contribution < 1.29 is 31.4 Å². The van der Waals surface area contributed by atoms with Gasteiger partial charge in [-0.25, -0.2) is 0 Å². The molecule has 152 valence electrons. The summed E-state index contributed by atoms with van der Waals surface area (Å²) in [5.74, 6) is -0.225. The molecule has 3 rings (SSSR count). The van der Waals surface area contributed by atoms with E-state index < -0.39 is 24.4 Å². The van der Waals surface area contributed by atoms with E-state index >= 15 is 0 Å². The molecule has 1 aromatic heterocycles. The summed E-state index contributed by atoms with van der Waals surface area (Å²) in [5, 5.41) is 5.66. The first-order valence-corrected chi connectivity index (χ1v) is 8.28. The number of ether oxygens (including phenoxy) is 2. The summed E-state index contributed by atoms with van der Waals surface area (Å²) in [5.41, 5.74) is -3.49. The second-order valence-corrected chi connectivity index (χ2v) is 6.22. The van der Waals surface area contributed by atoms with Crippen molar-refractivity contribution in [1.82, 2.24) is 15.0 Å². The summed E-state index contributed by atoms with van der Waals surface area (Å²) < 4.78 is 71.1. The van der Waals surface area contributed by atoms with Gasteiger partial charge in [0.1, 0.15) is 5.75 Å². The third-order valence-electron chi connectivity index (χ3n) is 3.23. The van der Waals surface area contributed by atoms with E-state index in [-0.39, 0.29) is 23.7 Å². The van der Waals surface area contributed by atoms with Crippen LogP contribution in [0.15, 0.2) is 24.3 Å². The number of hydrogen-bond acceptors (Lipinski definition) is 7. The molecular weight excluding hydrogens is 413 g/mol. The number of aromatic nitrogens is 3. The number of alkyl halides is 6. The van der Waals surface area contributed by atoms with Gasteiger partial charge in [0.25, 0.3) is 0 Å². The zero-order chi connectivity index (χ0) is 20.4. The third kappa shape index (κ3) is 6.83. The molecule has 0 atom stereocenters. The molecule has 2 aromatic rings. The van der Waals surface area contributed by atoms with E-state index in [0.717, 1.165) is 12.8 Å². The Hall–Kier alpha value is -2.63. The lowest BCUT2D eigenvalue weighted by atomic mass is 10.3. The first kappa shape index (κ1) is 20.1. The molecular formula is C15H13ClF5N5O2. The monoisotopic (exact) mass is 425 g/mol. The fraction of sp³-hybridized carbons (Fsp3) is 0.400. The Kier molecular flexibility index (Phi) is 5.59. The largest absolute Gasteiger partial charge is 0.487 e. The first-order chi connectivity index (χ1) is 13.1. The summed E-state index contributed by atoms with van der Waals surface area (Å²) in [6.45, 7) is -1.56. The van der Waals surface area contributed by atoms with Crippen LogP contribution >= 0.6 is 11.6 Å². The molecule has 0 radical (unpaired) electrons. The molecule has 0 aliphatic heterocycles. The van der Waals surface area contributed by atoms with Gasteiger partial charge >= 0.3 is 17.8 Å². The highest BCUT2D eigenvalue weighted by atomic mass is 35.5. The van der Waals surface area contributed by atoms with Crippen molar-refractivity contribution in [2.45, 2.75) is 30.6 Å². The number of rotatable bonds is 8. The van der Waals surface area contributed by atoms with Gasteiger partial charge in [-0.2, -0.15) is 28.1 Å². The van der Waals surface area contributed by atoms with Crippen LogP contribution in [0.5, 0.6) is 11.8 Å². The minimum atomic E-state index is -4.55. The van der Waals surface area contributed by atoms with Crippen molar-refractivity contribution >= 4 is 29.2 Å². The van der Waals surface area contributed by atoms with Gasteiger partial charge in [-0.05, 0) is 37.1 Å². The minimum Gasteiger partial charge on any atom is -0.454 e. The maximum Gasteiger partial charge on any atom is 0.487 e. The molecule has 1 aliphatic carbocycles. The highest BCUT2D eigenvalue weighted by Gasteiger charge is 2.30. The van der Waals surface area contributed by atoms with Crippen LogP contribution in [-0.2, 0) is 0 Å². The number of nitrogens with one attached hydrogen (secondary N) is 2. The third-order valence-corrected chi connectivity index (χ3v) is 3.31. The van der Waals surface area contributed by atoms with Gasteiger partial charge in [0.2, 0.25) is 11.9 Å². The molecule has 1 aromatic carbocycles. The second-order valence-electron chi connectivity index (χ2n) is 5.78. The van der Waals surface area contributed by atoms with Crippen LogP contribution < -0.4 is 20.1 Å². The summed E-state index contributed by atoms with van der Waals surface area (Å²) in [7, 11) is 0. The lowest BCUT2D eigenvalue weighted by Crippen LogP contribution is -2.21. The topological polar surface area (TPSA) is 81.2 Å². The zero-order valence-corrected chi connectivity index (χ0v) is 14.7. The number of hydrogen-bond donors (Lipinski definition) is 2. The molecule has 1 fully saturated rings. The number of anilines is 3. The quantitative estimate of drug-likeness (QED) is 0.482. The molecule has 2 N–H and O–H groups in total. The molecule has 0 saturated heterocycles. The highest BCUT2D eigenvalue weighted by molar-refractivity contribution is 6.20. The Morgan fingerprint density at radius 3 is 2.21 bits per heavy atom. The Labute approximate surface area is 160 Å². The summed E-state index contributed by atoms with van der Waals surface area (Å²) >= 11 is 4.68. The van der Waals surface area contributed by atoms with Crippen molar-refractivity contribution in [1.29, 1.82) is 0 Å². The molecule has 0 unspecified atom stereocenters. The van der Waals surface area contributed by atoms with Crippen LogP contribution in [0.4, 0.5) is 39.5 Å². The SMILES string of the molecule is FC(F)(F)COc1nc(Nc2ccc(OC(F)(F)Cl)cc2)nc(NC2CC2)n1. The minimum absolute atomic E-state index is 0.0545. The molecule has 28 heavy (non-hydrogen) atoms. The normalized spacial score (nSPS) is 14.5. The molecule has 1 aliphatic rings. The maximum absolute atomic E-state index is 12.6. The van der Waals surface area contributed by atoms with E-state index in [1.165, 1.54) is 24.3 Å². The summed E-state index contributed by atoms with van der Waals surface area (Å²) in [4.78, 5) is 11.6. The van der Waals surface area contributed by atoms with Gasteiger partial charge in [-0.15, -0.1) is 8.78 Å². The van der Waals surface area contributed by atoms with Gasteiger partial charge in [0.15, 0.2) is 6.61 Å². The van der Waals surface area contributed by atoms with E-state index in [9.17, 15) is 22.0 Å². The fourth-order valence-corrected chi connectivity index (χ4v) is 2.06. The molecule has 1 heterocycles. The second kappa shape index (κ2) is 7.78. The van der Waals surface area contributed by atoms with E-state index in [4.69, 9.17) is 0 Å². The number of nitrogens with zero attached hydrogens (tertiary/aromatic N) is 3. The fourth-order valence-electron chi connectivity index (χ4n) is 1.97. The van der Waals surface area contributed by atoms with Crippen LogP contribution in [0.25, 0.3) is 0 Å². The molecule has 0 amide bonds. The zero-order valence-electron chi connectivity index (χ0n) is 13.9. The van der Waals surface area contributed by atoms with Crippen molar-refractivity contribution in [3.8, 4) is 11.8 Å². The van der Waals surface area contributed by atoms with Crippen molar-refractivity contribution in [3.63, 3.8) is 0 Å². The van der Waals surface area contributed by atoms with Gasteiger partial charge in [0.05, 0.1) is 0 Å². The van der Waals surface area contributed by atoms with E-state index in [1.54, 1.807) is 0 Å². The van der Waals surface area contributed by atoms with E-state index in [2.05, 4.69) is 46.7 Å². The molecule has 7 nitrogen and oxygen atoms in total. The summed E-state index contributed by atoms with van der Waals surface area (Å²) in [6, 6.07) is 4.78. The van der Waals surface area contributed by atoms with Crippen molar-refractivity contribution in [2.75, 3.05) is 17.2 Å². The van der Waals surface area contributed by atoms with Crippen molar-refractivity contribution in [2.24, 2.45) is 0 Å². The van der Waals surface area contributed by atoms with Gasteiger partial charge in [-0.3, -0.25) is 0 Å². The van der Waals surface area contributed by atoms with Gasteiger partial charge in [-0.1, -0.05) is 0 Å². The smallest absolute Gasteiger partial charge is 0.454 e. The molecule has 13 heteroatoms. The van der Waals surface area contributed by atoms with Gasteiger partial charge in [0, 0.05) is 23.3 Å². The van der Waals surface area contributed by atoms with Crippen LogP contribution in [0.2, 0.25) is 0 Å². The van der Waals surface area contributed by atoms with Crippen molar-refractivity contribution in [3.05, 3.63) is 24.3 Å². The average molecular weight is 426 g/mol. The first-order valence-electron chi connectivity index (χ1n) is 7.91. The standard InChI is InChI=1S/C15H13ClF5N5O2/c16-15(20,21)28-10-5-3-9(4-6-10)23-12-24-11(22-8-1-2-8)25-13(26-12)27-7-14(17,18)19/h3-6,8H,1-2,7H2,(H2,22,23,24,25,26). The number of halogens is 6. The van der Waals surface area contributed by atoms with Gasteiger partial charge < -0.3 is 20.1 Å². The molecule has 0 spiro atoms. The Morgan fingerprint density at radius 1 is 1.00 bits per heavy atom. The van der Waals surface area contributed by atoms with Crippen LogP contribution in [-0.4, -0.2) is 39.3 Å². The highest BCUT2D eigenvalue weighted by Crippen LogP contribution is 2.28. The van der Waals surface area contributed by atoms with E-state index in [1.807, 2.05) is 0 Å². The predicted octanol–water partition coefficient (Wildman–Crippen LogP) is 4.30. The van der Waals surface area contributed by atoms with Crippen LogP contribution in [0, 0.1) is 0 Å². The Balaban J connectivity index is 1.73. The van der Waals surface area contributed by atoms with Crippen LogP contribution in [0.1, 0.15) is 12.8 Å².